The zero-order valence-corrected chi connectivity index (χ0v) is 14.1. The maximum Gasteiger partial charge on any atom is 0.272 e. The molecule has 116 valence electrons. The lowest BCUT2D eigenvalue weighted by Gasteiger charge is -1.99. The van der Waals surface area contributed by atoms with E-state index in [9.17, 15) is 4.79 Å². The highest BCUT2D eigenvalue weighted by Crippen LogP contribution is 2.21. The standard InChI is InChI=1S/C18H15ClN2OS/c1-2-21-15-10-9-14(19)12-16(15)23-18(21)20-17(22)11-8-13-6-4-3-5-7-13/h3-12H,2H2,1H3. The second kappa shape index (κ2) is 6.94. The quantitative estimate of drug-likeness (QED) is 0.644. The summed E-state index contributed by atoms with van der Waals surface area (Å²) in [5.74, 6) is -0.270. The van der Waals surface area contributed by atoms with Gasteiger partial charge in [-0.3, -0.25) is 4.79 Å². The van der Waals surface area contributed by atoms with Crippen LogP contribution >= 0.6 is 22.9 Å². The molecule has 0 radical (unpaired) electrons. The number of aryl methyl sites for hydroxylation is 1. The average Bonchev–Trinajstić information content (AvgIpc) is 2.89. The molecule has 23 heavy (non-hydrogen) atoms. The summed E-state index contributed by atoms with van der Waals surface area (Å²) in [6, 6.07) is 15.4. The molecule has 3 rings (SSSR count). The Labute approximate surface area is 143 Å². The Kier molecular flexibility index (Phi) is 4.74. The highest BCUT2D eigenvalue weighted by molar-refractivity contribution is 7.16. The SMILES string of the molecule is CCn1c(=NC(=O)C=Cc2ccccc2)sc2cc(Cl)ccc21. The van der Waals surface area contributed by atoms with Crippen molar-refractivity contribution in [3.8, 4) is 0 Å². The normalized spacial score (nSPS) is 12.3. The van der Waals surface area contributed by atoms with Crippen LogP contribution in [-0.2, 0) is 11.3 Å². The molecule has 3 nitrogen and oxygen atoms in total. The molecule has 0 spiro atoms. The van der Waals surface area contributed by atoms with Gasteiger partial charge in [-0.05, 0) is 36.8 Å². The first-order chi connectivity index (χ1) is 11.2. The summed E-state index contributed by atoms with van der Waals surface area (Å²) >= 11 is 7.51. The molecule has 0 N–H and O–H groups in total. The van der Waals surface area contributed by atoms with E-state index >= 15 is 0 Å². The topological polar surface area (TPSA) is 34.4 Å². The number of amides is 1. The maximum absolute atomic E-state index is 12.1. The van der Waals surface area contributed by atoms with Crippen molar-refractivity contribution in [2.45, 2.75) is 13.5 Å². The number of carbonyl (C=O) groups is 1. The predicted molar refractivity (Wildman–Crippen MR) is 96.5 cm³/mol. The molecule has 0 aliphatic heterocycles. The Morgan fingerprint density at radius 2 is 2.04 bits per heavy atom. The van der Waals surface area contributed by atoms with Crippen molar-refractivity contribution in [3.63, 3.8) is 0 Å². The summed E-state index contributed by atoms with van der Waals surface area (Å²) in [6.45, 7) is 2.78. The molecule has 0 aliphatic rings. The van der Waals surface area contributed by atoms with E-state index in [1.165, 1.54) is 17.4 Å². The Morgan fingerprint density at radius 1 is 1.26 bits per heavy atom. The lowest BCUT2D eigenvalue weighted by molar-refractivity contribution is -0.113. The van der Waals surface area contributed by atoms with Crippen molar-refractivity contribution in [3.05, 3.63) is 70.0 Å². The Balaban J connectivity index is 1.97. The number of fused-ring (bicyclic) bond motifs is 1. The zero-order valence-electron chi connectivity index (χ0n) is 12.6. The van der Waals surface area contributed by atoms with Gasteiger partial charge in [-0.2, -0.15) is 4.99 Å². The summed E-state index contributed by atoms with van der Waals surface area (Å²) < 4.78 is 3.04. The third kappa shape index (κ3) is 3.60. The molecule has 0 saturated heterocycles. The number of rotatable bonds is 3. The Bertz CT molecular complexity index is 939. The molecule has 0 fully saturated rings. The first-order valence-electron chi connectivity index (χ1n) is 7.28. The summed E-state index contributed by atoms with van der Waals surface area (Å²) in [5, 5.41) is 0.684. The summed E-state index contributed by atoms with van der Waals surface area (Å²) in [6.07, 6.45) is 3.26. The fourth-order valence-corrected chi connectivity index (χ4v) is 3.68. The zero-order chi connectivity index (χ0) is 16.2. The molecule has 2 aromatic carbocycles. The van der Waals surface area contributed by atoms with Crippen LogP contribution in [0.3, 0.4) is 0 Å². The summed E-state index contributed by atoms with van der Waals surface area (Å²) in [7, 11) is 0. The second-order valence-corrected chi connectivity index (χ2v) is 6.38. The molecule has 0 unspecified atom stereocenters. The van der Waals surface area contributed by atoms with Crippen molar-refractivity contribution < 1.29 is 4.79 Å². The smallest absolute Gasteiger partial charge is 0.272 e. The number of hydrogen-bond donors (Lipinski definition) is 0. The third-order valence-corrected chi connectivity index (χ3v) is 4.66. The van der Waals surface area contributed by atoms with Crippen LogP contribution < -0.4 is 4.80 Å². The van der Waals surface area contributed by atoms with Crippen LogP contribution in [0, 0.1) is 0 Å². The van der Waals surface area contributed by atoms with E-state index in [4.69, 9.17) is 11.6 Å². The van der Waals surface area contributed by atoms with E-state index in [1.54, 1.807) is 6.08 Å². The van der Waals surface area contributed by atoms with E-state index in [-0.39, 0.29) is 5.91 Å². The van der Waals surface area contributed by atoms with Crippen molar-refractivity contribution in [1.82, 2.24) is 4.57 Å². The second-order valence-electron chi connectivity index (χ2n) is 4.93. The molecule has 5 heteroatoms. The van der Waals surface area contributed by atoms with Crippen LogP contribution in [-0.4, -0.2) is 10.5 Å². The van der Waals surface area contributed by atoms with Gasteiger partial charge in [0.25, 0.3) is 5.91 Å². The minimum absolute atomic E-state index is 0.270. The van der Waals surface area contributed by atoms with Crippen molar-refractivity contribution in [2.75, 3.05) is 0 Å². The Hall–Kier alpha value is -2.17. The van der Waals surface area contributed by atoms with Gasteiger partial charge in [0.15, 0.2) is 4.80 Å². The molecular weight excluding hydrogens is 328 g/mol. The number of halogens is 1. The van der Waals surface area contributed by atoms with Gasteiger partial charge in [0.1, 0.15) is 0 Å². The van der Waals surface area contributed by atoms with Gasteiger partial charge in [-0.15, -0.1) is 0 Å². The van der Waals surface area contributed by atoms with E-state index < -0.39 is 0 Å². The number of hydrogen-bond acceptors (Lipinski definition) is 2. The number of nitrogens with zero attached hydrogens (tertiary/aromatic N) is 2. The van der Waals surface area contributed by atoms with Gasteiger partial charge < -0.3 is 4.57 Å². The van der Waals surface area contributed by atoms with Gasteiger partial charge in [0.2, 0.25) is 0 Å². The molecule has 1 heterocycles. The number of carbonyl (C=O) groups excluding carboxylic acids is 1. The van der Waals surface area contributed by atoms with Crippen LogP contribution in [0.25, 0.3) is 16.3 Å². The highest BCUT2D eigenvalue weighted by atomic mass is 35.5. The van der Waals surface area contributed by atoms with Crippen molar-refractivity contribution >= 4 is 45.1 Å². The van der Waals surface area contributed by atoms with Gasteiger partial charge in [-0.25, -0.2) is 0 Å². The van der Waals surface area contributed by atoms with Gasteiger partial charge in [-0.1, -0.05) is 53.3 Å². The van der Waals surface area contributed by atoms with E-state index in [2.05, 4.69) is 4.99 Å². The number of thiazole rings is 1. The minimum Gasteiger partial charge on any atom is -0.317 e. The molecule has 0 bridgehead atoms. The molecule has 0 atom stereocenters. The number of aromatic nitrogens is 1. The van der Waals surface area contributed by atoms with Crippen LogP contribution in [0.2, 0.25) is 5.02 Å². The van der Waals surface area contributed by atoms with Crippen molar-refractivity contribution in [1.29, 1.82) is 0 Å². The largest absolute Gasteiger partial charge is 0.317 e. The van der Waals surface area contributed by atoms with E-state index in [0.29, 0.717) is 9.82 Å². The fourth-order valence-electron chi connectivity index (χ4n) is 2.30. The molecule has 1 aromatic heterocycles. The predicted octanol–water partition coefficient (Wildman–Crippen LogP) is 4.52. The molecule has 0 aliphatic carbocycles. The summed E-state index contributed by atoms with van der Waals surface area (Å²) in [4.78, 5) is 17.0. The monoisotopic (exact) mass is 342 g/mol. The molecular formula is C18H15ClN2OS. The summed E-state index contributed by atoms with van der Waals surface area (Å²) in [5.41, 5.74) is 2.02. The average molecular weight is 343 g/mol. The highest BCUT2D eigenvalue weighted by Gasteiger charge is 2.06. The molecule has 1 amide bonds. The fraction of sp³-hybridized carbons (Fsp3) is 0.111. The lowest BCUT2D eigenvalue weighted by Crippen LogP contribution is -2.15. The first kappa shape index (κ1) is 15.7. The van der Waals surface area contributed by atoms with E-state index in [0.717, 1.165) is 22.3 Å². The molecule has 0 saturated carbocycles. The number of benzene rings is 2. The van der Waals surface area contributed by atoms with Crippen LogP contribution in [0.1, 0.15) is 12.5 Å². The Morgan fingerprint density at radius 3 is 2.78 bits per heavy atom. The van der Waals surface area contributed by atoms with Gasteiger partial charge >= 0.3 is 0 Å². The maximum atomic E-state index is 12.1. The van der Waals surface area contributed by atoms with Crippen LogP contribution in [0.4, 0.5) is 0 Å². The van der Waals surface area contributed by atoms with Gasteiger partial charge in [0.05, 0.1) is 10.2 Å². The minimum atomic E-state index is -0.270. The molecule has 3 aromatic rings. The first-order valence-corrected chi connectivity index (χ1v) is 8.47. The van der Waals surface area contributed by atoms with Crippen LogP contribution in [0.5, 0.6) is 0 Å². The van der Waals surface area contributed by atoms with Crippen LogP contribution in [0.15, 0.2) is 59.6 Å². The van der Waals surface area contributed by atoms with E-state index in [1.807, 2.05) is 60.0 Å². The van der Waals surface area contributed by atoms with Crippen molar-refractivity contribution in [2.24, 2.45) is 4.99 Å². The lowest BCUT2D eigenvalue weighted by atomic mass is 10.2. The van der Waals surface area contributed by atoms with Gasteiger partial charge in [0, 0.05) is 17.6 Å². The third-order valence-electron chi connectivity index (χ3n) is 3.38.